The second-order valence-corrected chi connectivity index (χ2v) is 4.49. The SMILES string of the molecule is CN(C)C(=O)[C@@H]1C[C@@H](OCCCO)CN1C(=O)O. The third-order valence-electron chi connectivity index (χ3n) is 2.89. The summed E-state index contributed by atoms with van der Waals surface area (Å²) in [4.78, 5) is 25.4. The number of hydrogen-bond acceptors (Lipinski definition) is 4. The Balaban J connectivity index is 2.60. The Labute approximate surface area is 106 Å². The molecule has 0 aliphatic carbocycles. The van der Waals surface area contributed by atoms with Gasteiger partial charge >= 0.3 is 6.09 Å². The molecule has 0 aromatic rings. The molecule has 0 radical (unpaired) electrons. The van der Waals surface area contributed by atoms with Crippen molar-refractivity contribution in [2.75, 3.05) is 33.9 Å². The Bertz CT molecular complexity index is 308. The summed E-state index contributed by atoms with van der Waals surface area (Å²) in [7, 11) is 3.20. The minimum atomic E-state index is -1.11. The molecule has 18 heavy (non-hydrogen) atoms. The number of carbonyl (C=O) groups is 2. The number of ether oxygens (including phenoxy) is 1. The second-order valence-electron chi connectivity index (χ2n) is 4.49. The summed E-state index contributed by atoms with van der Waals surface area (Å²) in [6.07, 6.45) is -0.505. The lowest BCUT2D eigenvalue weighted by atomic mass is 10.2. The van der Waals surface area contributed by atoms with Crippen molar-refractivity contribution < 1.29 is 24.5 Å². The highest BCUT2D eigenvalue weighted by Gasteiger charge is 2.40. The fourth-order valence-electron chi connectivity index (χ4n) is 1.98. The highest BCUT2D eigenvalue weighted by molar-refractivity contribution is 5.85. The predicted octanol–water partition coefficient (Wildman–Crippen LogP) is -0.405. The van der Waals surface area contributed by atoms with Crippen molar-refractivity contribution in [2.24, 2.45) is 0 Å². The van der Waals surface area contributed by atoms with E-state index in [1.54, 1.807) is 14.1 Å². The Morgan fingerprint density at radius 3 is 2.61 bits per heavy atom. The van der Waals surface area contributed by atoms with Crippen molar-refractivity contribution >= 4 is 12.0 Å². The van der Waals surface area contributed by atoms with Crippen molar-refractivity contribution in [1.29, 1.82) is 0 Å². The molecule has 0 spiro atoms. The summed E-state index contributed by atoms with van der Waals surface area (Å²) in [5.41, 5.74) is 0. The molecule has 0 unspecified atom stereocenters. The van der Waals surface area contributed by atoms with Gasteiger partial charge in [-0.05, 0) is 6.42 Å². The second kappa shape index (κ2) is 6.55. The summed E-state index contributed by atoms with van der Waals surface area (Å²) in [6, 6.07) is -0.670. The zero-order chi connectivity index (χ0) is 13.7. The van der Waals surface area contributed by atoms with E-state index in [-0.39, 0.29) is 25.2 Å². The molecule has 0 aromatic heterocycles. The van der Waals surface area contributed by atoms with Crippen LogP contribution in [0.2, 0.25) is 0 Å². The van der Waals surface area contributed by atoms with Gasteiger partial charge in [0, 0.05) is 33.7 Å². The molecular formula is C11H20N2O5. The van der Waals surface area contributed by atoms with E-state index < -0.39 is 12.1 Å². The predicted molar refractivity (Wildman–Crippen MR) is 63.3 cm³/mol. The molecule has 2 amide bonds. The number of carboxylic acid groups (broad SMARTS) is 1. The molecule has 0 bridgehead atoms. The van der Waals surface area contributed by atoms with Crippen LogP contribution >= 0.6 is 0 Å². The van der Waals surface area contributed by atoms with Crippen LogP contribution in [0.4, 0.5) is 4.79 Å². The van der Waals surface area contributed by atoms with Crippen LogP contribution < -0.4 is 0 Å². The number of hydrogen-bond donors (Lipinski definition) is 2. The van der Waals surface area contributed by atoms with Gasteiger partial charge in [0.2, 0.25) is 5.91 Å². The van der Waals surface area contributed by atoms with Gasteiger partial charge in [0.15, 0.2) is 0 Å². The summed E-state index contributed by atoms with van der Waals surface area (Å²) < 4.78 is 5.45. The van der Waals surface area contributed by atoms with Crippen LogP contribution in [0.25, 0.3) is 0 Å². The smallest absolute Gasteiger partial charge is 0.408 e. The third kappa shape index (κ3) is 3.58. The monoisotopic (exact) mass is 260 g/mol. The lowest BCUT2D eigenvalue weighted by Gasteiger charge is -2.23. The highest BCUT2D eigenvalue weighted by atomic mass is 16.5. The van der Waals surface area contributed by atoms with Crippen molar-refractivity contribution in [3.63, 3.8) is 0 Å². The van der Waals surface area contributed by atoms with Crippen molar-refractivity contribution in [2.45, 2.75) is 25.0 Å². The molecule has 0 saturated carbocycles. The summed E-state index contributed by atoms with van der Waals surface area (Å²) in [6.45, 7) is 0.609. The number of amides is 2. The van der Waals surface area contributed by atoms with Gasteiger partial charge in [0.05, 0.1) is 12.6 Å². The molecule has 1 saturated heterocycles. The van der Waals surface area contributed by atoms with Crippen LogP contribution in [0.5, 0.6) is 0 Å². The standard InChI is InChI=1S/C11H20N2O5/c1-12(2)10(15)9-6-8(18-5-3-4-14)7-13(9)11(16)17/h8-9,14H,3-7H2,1-2H3,(H,16,17)/t8-,9+/m1/s1. The molecular weight excluding hydrogens is 240 g/mol. The number of carbonyl (C=O) groups excluding carboxylic acids is 1. The maximum absolute atomic E-state index is 11.9. The number of rotatable bonds is 5. The molecule has 7 nitrogen and oxygen atoms in total. The number of nitrogens with zero attached hydrogens (tertiary/aromatic N) is 2. The van der Waals surface area contributed by atoms with Crippen LogP contribution in [0.15, 0.2) is 0 Å². The first-order valence-electron chi connectivity index (χ1n) is 5.90. The molecule has 1 heterocycles. The van der Waals surface area contributed by atoms with Gasteiger partial charge in [-0.15, -0.1) is 0 Å². The number of aliphatic hydroxyl groups is 1. The number of aliphatic hydroxyl groups excluding tert-OH is 1. The van der Waals surface area contributed by atoms with Crippen LogP contribution in [0, 0.1) is 0 Å². The summed E-state index contributed by atoms with van der Waals surface area (Å²) >= 11 is 0. The van der Waals surface area contributed by atoms with E-state index in [9.17, 15) is 9.59 Å². The maximum atomic E-state index is 11.9. The molecule has 1 rings (SSSR count). The van der Waals surface area contributed by atoms with Gasteiger partial charge in [-0.25, -0.2) is 4.79 Å². The fraction of sp³-hybridized carbons (Fsp3) is 0.818. The van der Waals surface area contributed by atoms with Crippen molar-refractivity contribution in [3.05, 3.63) is 0 Å². The largest absolute Gasteiger partial charge is 0.465 e. The van der Waals surface area contributed by atoms with Gasteiger partial charge in [0.1, 0.15) is 6.04 Å². The quantitative estimate of drug-likeness (QED) is 0.656. The lowest BCUT2D eigenvalue weighted by Crippen LogP contribution is -2.44. The van der Waals surface area contributed by atoms with Crippen LogP contribution in [-0.4, -0.2) is 78.0 Å². The lowest BCUT2D eigenvalue weighted by molar-refractivity contribution is -0.133. The Hall–Kier alpha value is -1.34. The first-order chi connectivity index (χ1) is 8.47. The molecule has 2 N–H and O–H groups in total. The highest BCUT2D eigenvalue weighted by Crippen LogP contribution is 2.22. The zero-order valence-electron chi connectivity index (χ0n) is 10.7. The molecule has 2 atom stereocenters. The number of likely N-dealkylation sites (N-methyl/N-ethyl adjacent to an activating group) is 1. The molecule has 7 heteroatoms. The van der Waals surface area contributed by atoms with Crippen LogP contribution in [0.3, 0.4) is 0 Å². The van der Waals surface area contributed by atoms with Gasteiger partial charge in [-0.2, -0.15) is 0 Å². The van der Waals surface area contributed by atoms with Crippen molar-refractivity contribution in [3.8, 4) is 0 Å². The first kappa shape index (κ1) is 14.7. The van der Waals surface area contributed by atoms with Crippen molar-refractivity contribution in [1.82, 2.24) is 9.80 Å². The van der Waals surface area contributed by atoms with Gasteiger partial charge in [0.25, 0.3) is 0 Å². The minimum Gasteiger partial charge on any atom is -0.465 e. The Morgan fingerprint density at radius 2 is 2.11 bits per heavy atom. The molecule has 1 fully saturated rings. The average Bonchev–Trinajstić information content (AvgIpc) is 2.72. The van der Waals surface area contributed by atoms with E-state index in [4.69, 9.17) is 14.9 Å². The van der Waals surface area contributed by atoms with E-state index in [1.807, 2.05) is 0 Å². The normalized spacial score (nSPS) is 23.2. The Kier molecular flexibility index (Phi) is 5.36. The molecule has 0 aromatic carbocycles. The average molecular weight is 260 g/mol. The van der Waals surface area contributed by atoms with Gasteiger partial charge < -0.3 is 19.8 Å². The van der Waals surface area contributed by atoms with E-state index >= 15 is 0 Å². The third-order valence-corrected chi connectivity index (χ3v) is 2.89. The Morgan fingerprint density at radius 1 is 1.44 bits per heavy atom. The molecule has 104 valence electrons. The van der Waals surface area contributed by atoms with Gasteiger partial charge in [-0.1, -0.05) is 0 Å². The van der Waals surface area contributed by atoms with E-state index in [1.165, 1.54) is 4.90 Å². The maximum Gasteiger partial charge on any atom is 0.408 e. The fourth-order valence-corrected chi connectivity index (χ4v) is 1.98. The molecule has 1 aliphatic heterocycles. The minimum absolute atomic E-state index is 0.0371. The topological polar surface area (TPSA) is 90.3 Å². The zero-order valence-corrected chi connectivity index (χ0v) is 10.7. The molecule has 1 aliphatic rings. The van der Waals surface area contributed by atoms with Crippen LogP contribution in [-0.2, 0) is 9.53 Å². The van der Waals surface area contributed by atoms with E-state index in [0.29, 0.717) is 19.4 Å². The van der Waals surface area contributed by atoms with Gasteiger partial charge in [-0.3, -0.25) is 9.69 Å². The summed E-state index contributed by atoms with van der Waals surface area (Å²) in [5, 5.41) is 17.7. The number of likely N-dealkylation sites (tertiary alicyclic amines) is 1. The van der Waals surface area contributed by atoms with Crippen LogP contribution in [0.1, 0.15) is 12.8 Å². The van der Waals surface area contributed by atoms with E-state index in [2.05, 4.69) is 0 Å². The summed E-state index contributed by atoms with van der Waals surface area (Å²) in [5.74, 6) is -0.231. The first-order valence-corrected chi connectivity index (χ1v) is 5.90. The van der Waals surface area contributed by atoms with E-state index in [0.717, 1.165) is 4.90 Å².